The molecule has 6 nitrogen and oxygen atoms in total. The molecule has 0 radical (unpaired) electrons. The number of hydrogen-bond donors (Lipinski definition) is 3. The molecule has 0 saturated heterocycles. The smallest absolute Gasteiger partial charge is 0.264 e. The molecular weight excluding hydrogens is 360 g/mol. The molecule has 1 heterocycles. The van der Waals surface area contributed by atoms with Crippen LogP contribution in [0.15, 0.2) is 53.6 Å². The van der Waals surface area contributed by atoms with Gasteiger partial charge < -0.3 is 4.98 Å². The summed E-state index contributed by atoms with van der Waals surface area (Å²) in [4.78, 5) is 2.95. The summed E-state index contributed by atoms with van der Waals surface area (Å²) >= 11 is 0. The van der Waals surface area contributed by atoms with E-state index >= 15 is 0 Å². The Balaban J connectivity index is 1.95. The van der Waals surface area contributed by atoms with Crippen LogP contribution in [0.25, 0.3) is 10.9 Å². The van der Waals surface area contributed by atoms with Gasteiger partial charge in [0.05, 0.1) is 5.75 Å². The van der Waals surface area contributed by atoms with Crippen LogP contribution in [0, 0.1) is 12.3 Å². The molecule has 3 aromatic rings. The van der Waals surface area contributed by atoms with Gasteiger partial charge in [-0.3, -0.25) is 4.72 Å². The first-order valence-corrected chi connectivity index (χ1v) is 10.0. The van der Waals surface area contributed by atoms with Crippen molar-refractivity contribution in [2.24, 2.45) is 0 Å². The lowest BCUT2D eigenvalue weighted by molar-refractivity contribution is 0.602. The van der Waals surface area contributed by atoms with Crippen molar-refractivity contribution in [3.05, 3.63) is 59.8 Å². The van der Waals surface area contributed by atoms with Gasteiger partial charge >= 0.3 is 0 Å². The quantitative estimate of drug-likeness (QED) is 0.470. The van der Waals surface area contributed by atoms with Crippen LogP contribution in [0.2, 0.25) is 0 Å². The van der Waals surface area contributed by atoms with Crippen molar-refractivity contribution < 1.29 is 16.8 Å². The van der Waals surface area contributed by atoms with Crippen LogP contribution in [0.5, 0.6) is 0 Å². The number of benzene rings is 2. The molecular formula is C17H14N2O4S2. The minimum absolute atomic E-state index is 0.0848. The maximum atomic E-state index is 12.6. The highest BCUT2D eigenvalue weighted by atomic mass is 32.2. The largest absolute Gasteiger partial charge is 0.360 e. The van der Waals surface area contributed by atoms with E-state index in [9.17, 15) is 16.8 Å². The highest BCUT2D eigenvalue weighted by molar-refractivity contribution is 7.93. The second-order valence-corrected chi connectivity index (χ2v) is 7.98. The number of H-pyrrole nitrogens is 1. The van der Waals surface area contributed by atoms with Crippen molar-refractivity contribution in [2.75, 3.05) is 4.72 Å². The number of anilines is 1. The molecule has 0 saturated carbocycles. The minimum atomic E-state index is -3.80. The Morgan fingerprint density at radius 2 is 1.84 bits per heavy atom. The van der Waals surface area contributed by atoms with Crippen molar-refractivity contribution >= 4 is 37.3 Å². The lowest BCUT2D eigenvalue weighted by Crippen LogP contribution is -2.12. The third-order valence-corrected chi connectivity index (χ3v) is 5.66. The van der Waals surface area contributed by atoms with E-state index in [-0.39, 0.29) is 10.6 Å². The van der Waals surface area contributed by atoms with Crippen molar-refractivity contribution in [3.8, 4) is 12.3 Å². The fourth-order valence-corrected chi connectivity index (χ4v) is 4.19. The third-order valence-electron chi connectivity index (χ3n) is 3.61. The Morgan fingerprint density at radius 1 is 1.12 bits per heavy atom. The van der Waals surface area contributed by atoms with Crippen LogP contribution in [-0.4, -0.2) is 21.8 Å². The first-order valence-electron chi connectivity index (χ1n) is 7.20. The van der Waals surface area contributed by atoms with E-state index in [1.807, 2.05) is 0 Å². The van der Waals surface area contributed by atoms with Crippen LogP contribution < -0.4 is 4.72 Å². The number of rotatable bonds is 5. The van der Waals surface area contributed by atoms with E-state index in [4.69, 9.17) is 6.42 Å². The van der Waals surface area contributed by atoms with Crippen molar-refractivity contribution in [2.45, 2.75) is 10.6 Å². The van der Waals surface area contributed by atoms with Crippen LogP contribution in [0.1, 0.15) is 11.1 Å². The van der Waals surface area contributed by atoms with Gasteiger partial charge in [-0.25, -0.2) is 16.8 Å². The number of sulfonamides is 1. The predicted octanol–water partition coefficient (Wildman–Crippen LogP) is 2.06. The zero-order valence-electron chi connectivity index (χ0n) is 12.9. The molecule has 0 unspecified atom stereocenters. The predicted molar refractivity (Wildman–Crippen MR) is 97.5 cm³/mol. The molecule has 0 bridgehead atoms. The molecule has 0 amide bonds. The highest BCUT2D eigenvalue weighted by Gasteiger charge is 2.19. The molecule has 0 aliphatic heterocycles. The first kappa shape index (κ1) is 17.1. The SMILES string of the molecule is C#Cc1ccc(NS(=O)(=O)c2c[nH]c3cc(C[SH](=O)=O)ccc23)cc1. The molecule has 8 heteroatoms. The third kappa shape index (κ3) is 3.68. The van der Waals surface area contributed by atoms with Crippen LogP contribution in [0.3, 0.4) is 0 Å². The summed E-state index contributed by atoms with van der Waals surface area (Å²) in [7, 11) is -6.35. The monoisotopic (exact) mass is 374 g/mol. The maximum Gasteiger partial charge on any atom is 0.264 e. The summed E-state index contributed by atoms with van der Waals surface area (Å²) in [5, 5.41) is 0.484. The number of fused-ring (bicyclic) bond motifs is 1. The number of nitrogens with one attached hydrogen (secondary N) is 2. The van der Waals surface area contributed by atoms with Crippen LogP contribution in [-0.2, 0) is 26.5 Å². The average molecular weight is 374 g/mol. The van der Waals surface area contributed by atoms with E-state index in [1.165, 1.54) is 6.20 Å². The summed E-state index contributed by atoms with van der Waals surface area (Å²) in [5.74, 6) is 2.37. The normalized spacial score (nSPS) is 11.5. The number of thiol groups is 1. The summed E-state index contributed by atoms with van der Waals surface area (Å²) in [6.07, 6.45) is 6.66. The molecule has 0 aliphatic carbocycles. The van der Waals surface area contributed by atoms with Crippen LogP contribution >= 0.6 is 0 Å². The number of aromatic nitrogens is 1. The van der Waals surface area contributed by atoms with Gasteiger partial charge in [-0.05, 0) is 35.9 Å². The first-order chi connectivity index (χ1) is 11.9. The van der Waals surface area contributed by atoms with Gasteiger partial charge in [-0.15, -0.1) is 6.42 Å². The Morgan fingerprint density at radius 3 is 2.48 bits per heavy atom. The molecule has 2 N–H and O–H groups in total. The zero-order chi connectivity index (χ0) is 18.0. The molecule has 2 aromatic carbocycles. The van der Waals surface area contributed by atoms with Crippen molar-refractivity contribution in [1.82, 2.24) is 4.98 Å². The van der Waals surface area contributed by atoms with E-state index in [0.717, 1.165) is 0 Å². The van der Waals surface area contributed by atoms with Gasteiger partial charge in [-0.1, -0.05) is 18.1 Å². The van der Waals surface area contributed by atoms with E-state index < -0.39 is 20.7 Å². The molecule has 128 valence electrons. The molecule has 25 heavy (non-hydrogen) atoms. The summed E-state index contributed by atoms with van der Waals surface area (Å²) in [6, 6.07) is 11.3. The van der Waals surface area contributed by atoms with Gasteiger partial charge in [0.15, 0.2) is 0 Å². The number of aromatic amines is 1. The lowest BCUT2D eigenvalue weighted by atomic mass is 10.2. The number of terminal acetylenes is 1. The second-order valence-electron chi connectivity index (χ2n) is 5.35. The zero-order valence-corrected chi connectivity index (χ0v) is 14.6. The highest BCUT2D eigenvalue weighted by Crippen LogP contribution is 2.26. The Bertz CT molecular complexity index is 1140. The molecule has 0 spiro atoms. The van der Waals surface area contributed by atoms with Gasteiger partial charge in [0, 0.05) is 28.4 Å². The lowest BCUT2D eigenvalue weighted by Gasteiger charge is -2.07. The van der Waals surface area contributed by atoms with Gasteiger partial charge in [0.2, 0.25) is 0 Å². The summed E-state index contributed by atoms with van der Waals surface area (Å²) in [5.41, 5.74) is 2.19. The Labute approximate surface area is 146 Å². The standard InChI is InChI=1S/C17H14N2O4S2/c1-2-12-3-6-14(7-4-12)19-25(22,23)17-10-18-16-9-13(11-24(20)21)5-8-15(16)17/h1,3-10,18-19,24H,11H2. The summed E-state index contributed by atoms with van der Waals surface area (Å²) in [6.45, 7) is 0. The van der Waals surface area contributed by atoms with Gasteiger partial charge in [0.1, 0.15) is 15.6 Å². The van der Waals surface area contributed by atoms with E-state index in [0.29, 0.717) is 27.7 Å². The minimum Gasteiger partial charge on any atom is -0.360 e. The molecule has 3 rings (SSSR count). The van der Waals surface area contributed by atoms with Gasteiger partial charge in [0.25, 0.3) is 10.0 Å². The van der Waals surface area contributed by atoms with E-state index in [2.05, 4.69) is 15.6 Å². The molecule has 0 aliphatic rings. The molecule has 1 aromatic heterocycles. The van der Waals surface area contributed by atoms with Crippen molar-refractivity contribution in [1.29, 1.82) is 0 Å². The molecule has 0 atom stereocenters. The topological polar surface area (TPSA) is 96.1 Å². The maximum absolute atomic E-state index is 12.6. The Hall–Kier alpha value is -2.76. The fraction of sp³-hybridized carbons (Fsp3) is 0.0588. The molecule has 0 fully saturated rings. The van der Waals surface area contributed by atoms with Crippen molar-refractivity contribution in [3.63, 3.8) is 0 Å². The number of hydrogen-bond acceptors (Lipinski definition) is 4. The van der Waals surface area contributed by atoms with E-state index in [1.54, 1.807) is 42.5 Å². The van der Waals surface area contributed by atoms with Crippen LogP contribution in [0.4, 0.5) is 5.69 Å². The second kappa shape index (κ2) is 6.63. The van der Waals surface area contributed by atoms with Gasteiger partial charge in [-0.2, -0.15) is 0 Å². The average Bonchev–Trinajstić information content (AvgIpc) is 2.98. The Kier molecular flexibility index (Phi) is 4.53. The summed E-state index contributed by atoms with van der Waals surface area (Å²) < 4.78 is 49.4. The fourth-order valence-electron chi connectivity index (χ4n) is 2.46.